The highest BCUT2D eigenvalue weighted by molar-refractivity contribution is 7.10. The summed E-state index contributed by atoms with van der Waals surface area (Å²) in [5.74, 6) is -6.77. The quantitative estimate of drug-likeness (QED) is 0.0193. The average molecular weight is 1270 g/mol. The first-order valence-corrected chi connectivity index (χ1v) is 32.6. The number of nitrogen functional groups attached to an aromatic ring is 1. The van der Waals surface area contributed by atoms with Gasteiger partial charge in [-0.25, -0.2) is 14.6 Å². The number of carboxylic acid groups (broad SMARTS) is 1. The van der Waals surface area contributed by atoms with Gasteiger partial charge in [0.25, 0.3) is 5.91 Å². The number of carbonyl (C=O) groups excluding carboxylic acids is 9. The number of benzene rings is 2. The molecule has 4 rings (SSSR count). The SMILES string of the molecule is CC[C@H](C)[C@H](CC(=O)[C@@]1(C)CCCN1C)C(=O)N(C)[C@H](C[C@@H](NC(=O)OCc1ccc(NC(=O)[C@H](CCCNC(N)=O)CC(=O)[C@@H](NC(=O)C(CCCCN)CC(C)=O)C(C)C)cc1)c1nc(C(=O)N[C@@H](Cc2ccc(N)cc2)C[C@H](C)C(=O)O)cs1)C(C)C. The van der Waals surface area contributed by atoms with Crippen molar-refractivity contribution in [2.75, 3.05) is 44.8 Å². The standard InChI is InChI=1S/C66H101N11O12S/c1-12-41(6)51(35-56(80)66(9)27-16-30-76(66)10)62(84)77(11)54(39(2)3)36-52(61-73-53(38-90-61)60(83)72-50(31-42(7)63(85)86)33-44-19-23-48(68)24-20-44)74-65(88)89-37-45-21-25-49(26-22-45)71-58(81)47(18-15-29-70-64(69)87)34-55(79)57(40(4)5)75-59(82)46(32-43(8)78)17-13-14-28-67/h19-26,38-42,46-47,50-52,54,57H,12-18,27-37,67-68H2,1-11H3,(H,71,81)(H,72,83)(H,74,88)(H,75,82)(H,85,86)(H3,69,70,87)/t41-,42-,46?,47+,50+,51-,52+,54+,57-,66+/m0/s1. The predicted octanol–water partition coefficient (Wildman–Crippen LogP) is 7.95. The van der Waals surface area contributed by atoms with Crippen LogP contribution >= 0.6 is 11.3 Å². The number of aromatic nitrogens is 1. The monoisotopic (exact) mass is 1270 g/mol. The zero-order chi connectivity index (χ0) is 67.0. The fourth-order valence-electron chi connectivity index (χ4n) is 11.5. The van der Waals surface area contributed by atoms with Crippen LogP contribution in [0.2, 0.25) is 0 Å². The molecule has 0 bridgehead atoms. The smallest absolute Gasteiger partial charge is 0.408 e. The lowest BCUT2D eigenvalue weighted by Gasteiger charge is -2.38. The molecule has 12 N–H and O–H groups in total. The van der Waals surface area contributed by atoms with Gasteiger partial charge < -0.3 is 63.3 Å². The molecule has 1 saturated heterocycles. The van der Waals surface area contributed by atoms with Crippen LogP contribution in [0.1, 0.15) is 178 Å². The van der Waals surface area contributed by atoms with Crippen molar-refractivity contribution in [1.82, 2.24) is 36.1 Å². The van der Waals surface area contributed by atoms with Crippen molar-refractivity contribution in [3.63, 3.8) is 0 Å². The number of alkyl carbamates (subject to hydrolysis) is 1. The van der Waals surface area contributed by atoms with E-state index >= 15 is 0 Å². The molecule has 7 amide bonds. The summed E-state index contributed by atoms with van der Waals surface area (Å²) in [5, 5.41) is 25.9. The number of hydrogen-bond donors (Lipinski definition) is 9. The zero-order valence-electron chi connectivity index (χ0n) is 54.7. The summed E-state index contributed by atoms with van der Waals surface area (Å²) in [7, 11) is 3.66. The average Bonchev–Trinajstić information content (AvgIpc) is 2.94. The van der Waals surface area contributed by atoms with Crippen molar-refractivity contribution in [3.05, 3.63) is 75.7 Å². The molecular weight excluding hydrogens is 1170 g/mol. The minimum Gasteiger partial charge on any atom is -0.481 e. The van der Waals surface area contributed by atoms with E-state index in [0.717, 1.165) is 29.9 Å². The number of nitrogens with one attached hydrogen (secondary N) is 5. The number of carboxylic acids is 1. The Morgan fingerprint density at radius 3 is 2.04 bits per heavy atom. The summed E-state index contributed by atoms with van der Waals surface area (Å²) in [4.78, 5) is 143. The van der Waals surface area contributed by atoms with Crippen LogP contribution in [0, 0.1) is 41.4 Å². The maximum atomic E-state index is 14.8. The van der Waals surface area contributed by atoms with Gasteiger partial charge in [0, 0.05) is 79.4 Å². The van der Waals surface area contributed by atoms with Crippen molar-refractivity contribution >= 4 is 81.8 Å². The highest BCUT2D eigenvalue weighted by Gasteiger charge is 2.44. The van der Waals surface area contributed by atoms with Crippen molar-refractivity contribution in [3.8, 4) is 0 Å². The zero-order valence-corrected chi connectivity index (χ0v) is 55.5. The lowest BCUT2D eigenvalue weighted by molar-refractivity contribution is -0.143. The topological polar surface area (TPSA) is 358 Å². The molecule has 1 aromatic heterocycles. The Hall–Kier alpha value is -7.31. The Labute approximate surface area is 535 Å². The number of aliphatic carboxylic acids is 1. The second kappa shape index (κ2) is 36.5. The second-order valence-corrected chi connectivity index (χ2v) is 26.3. The van der Waals surface area contributed by atoms with Crippen molar-refractivity contribution in [1.29, 1.82) is 0 Å². The number of thiazole rings is 1. The molecule has 498 valence electrons. The van der Waals surface area contributed by atoms with Crippen LogP contribution in [0.5, 0.6) is 0 Å². The lowest BCUT2D eigenvalue weighted by atomic mass is 9.80. The van der Waals surface area contributed by atoms with E-state index in [4.69, 9.17) is 26.9 Å². The molecule has 0 saturated carbocycles. The minimum atomic E-state index is -1.01. The van der Waals surface area contributed by atoms with E-state index in [9.17, 15) is 53.1 Å². The molecule has 10 atom stereocenters. The third kappa shape index (κ3) is 23.5. The molecule has 1 aliphatic rings. The van der Waals surface area contributed by atoms with E-state index in [1.54, 1.807) is 74.5 Å². The number of ketones is 3. The number of primary amides is 1. The summed E-state index contributed by atoms with van der Waals surface area (Å²) in [6, 6.07) is 9.88. The largest absolute Gasteiger partial charge is 0.481 e. The van der Waals surface area contributed by atoms with Gasteiger partial charge in [0.15, 0.2) is 11.6 Å². The maximum Gasteiger partial charge on any atom is 0.408 e. The molecule has 0 radical (unpaired) electrons. The highest BCUT2D eigenvalue weighted by Crippen LogP contribution is 2.35. The van der Waals surface area contributed by atoms with Gasteiger partial charge in [0.1, 0.15) is 23.1 Å². The Kier molecular flexibility index (Phi) is 30.5. The van der Waals surface area contributed by atoms with Gasteiger partial charge in [-0.2, -0.15) is 0 Å². The maximum absolute atomic E-state index is 14.8. The van der Waals surface area contributed by atoms with Crippen molar-refractivity contribution in [2.24, 2.45) is 52.9 Å². The number of ether oxygens (including phenoxy) is 1. The van der Waals surface area contributed by atoms with Gasteiger partial charge >= 0.3 is 18.1 Å². The fourth-order valence-corrected chi connectivity index (χ4v) is 12.4. The fraction of sp³-hybridized carbons (Fsp3) is 0.621. The first-order chi connectivity index (χ1) is 42.5. The Balaban J connectivity index is 1.58. The molecular formula is C66H101N11O12S. The molecule has 24 heteroatoms. The number of likely N-dealkylation sites (N-methyl/N-ethyl adjacent to an activating group) is 1. The van der Waals surface area contributed by atoms with E-state index in [1.807, 2.05) is 53.8 Å². The van der Waals surface area contributed by atoms with E-state index in [2.05, 4.69) is 31.5 Å². The Bertz CT molecular complexity index is 2890. The molecule has 0 spiro atoms. The number of hydrogen-bond acceptors (Lipinski definition) is 16. The van der Waals surface area contributed by atoms with Crippen LogP contribution in [-0.4, -0.2) is 136 Å². The number of anilines is 2. The predicted molar refractivity (Wildman–Crippen MR) is 348 cm³/mol. The first-order valence-electron chi connectivity index (χ1n) is 31.7. The Morgan fingerprint density at radius 2 is 1.47 bits per heavy atom. The molecule has 1 unspecified atom stereocenters. The third-order valence-corrected chi connectivity index (χ3v) is 18.6. The molecule has 0 aliphatic carbocycles. The van der Waals surface area contributed by atoms with E-state index in [1.165, 1.54) is 6.92 Å². The van der Waals surface area contributed by atoms with E-state index < -0.39 is 89.2 Å². The Morgan fingerprint density at radius 1 is 0.822 bits per heavy atom. The van der Waals surface area contributed by atoms with E-state index in [-0.39, 0.29) is 98.4 Å². The lowest BCUT2D eigenvalue weighted by Crippen LogP contribution is -2.50. The second-order valence-electron chi connectivity index (χ2n) is 25.5. The first kappa shape index (κ1) is 75.2. The highest BCUT2D eigenvalue weighted by atomic mass is 32.1. The normalized spacial score (nSPS) is 17.1. The number of urea groups is 1. The van der Waals surface area contributed by atoms with Gasteiger partial charge in [-0.1, -0.05) is 85.6 Å². The summed E-state index contributed by atoms with van der Waals surface area (Å²) >= 11 is 1.12. The molecule has 3 aromatic rings. The van der Waals surface area contributed by atoms with Gasteiger partial charge in [0.2, 0.25) is 17.7 Å². The summed E-state index contributed by atoms with van der Waals surface area (Å²) in [5.41, 5.74) is 18.5. The number of unbranched alkanes of at least 4 members (excludes halogenated alkanes) is 1. The van der Waals surface area contributed by atoms with Crippen LogP contribution in [0.25, 0.3) is 0 Å². The molecule has 90 heavy (non-hydrogen) atoms. The molecule has 2 aromatic carbocycles. The van der Waals surface area contributed by atoms with Gasteiger partial charge in [-0.3, -0.25) is 38.5 Å². The van der Waals surface area contributed by atoms with Gasteiger partial charge in [-0.15, -0.1) is 11.3 Å². The minimum absolute atomic E-state index is 0.0168. The summed E-state index contributed by atoms with van der Waals surface area (Å²) in [6.07, 6.45) is 4.06. The molecule has 1 aliphatic heterocycles. The third-order valence-electron chi connectivity index (χ3n) is 17.6. The molecule has 2 heterocycles. The number of nitrogens with zero attached hydrogens (tertiary/aromatic N) is 3. The molecule has 23 nitrogen and oxygen atoms in total. The van der Waals surface area contributed by atoms with Gasteiger partial charge in [0.05, 0.1) is 23.5 Å². The number of carbonyl (C=O) groups is 10. The molecule has 1 fully saturated rings. The van der Waals surface area contributed by atoms with Crippen molar-refractivity contribution in [2.45, 2.75) is 189 Å². The number of Topliss-reactive ketones (excluding diaryl/α,β-unsaturated/α-hetero) is 3. The summed E-state index contributed by atoms with van der Waals surface area (Å²) < 4.78 is 5.81. The number of amides is 7. The van der Waals surface area contributed by atoms with Crippen LogP contribution in [0.4, 0.5) is 21.0 Å². The number of rotatable bonds is 39. The summed E-state index contributed by atoms with van der Waals surface area (Å²) in [6.45, 7) is 17.5. The number of nitrogens with two attached hydrogens (primary N) is 3. The van der Waals surface area contributed by atoms with Crippen LogP contribution in [-0.2, 0) is 51.3 Å². The van der Waals surface area contributed by atoms with Crippen molar-refractivity contribution < 1.29 is 57.8 Å². The number of likely N-dealkylation sites (tertiary alicyclic amines) is 1. The van der Waals surface area contributed by atoms with Crippen LogP contribution < -0.4 is 43.8 Å². The van der Waals surface area contributed by atoms with Crippen LogP contribution in [0.15, 0.2) is 53.9 Å². The van der Waals surface area contributed by atoms with E-state index in [0.29, 0.717) is 73.4 Å². The van der Waals surface area contributed by atoms with Gasteiger partial charge in [-0.05, 0) is 145 Å². The van der Waals surface area contributed by atoms with Crippen LogP contribution in [0.3, 0.4) is 0 Å².